The Kier molecular flexibility index (Phi) is 3.78. The Labute approximate surface area is 98.8 Å². The third-order valence-corrected chi connectivity index (χ3v) is 3.57. The van der Waals surface area contributed by atoms with Crippen molar-refractivity contribution in [2.24, 2.45) is 5.92 Å². The summed E-state index contributed by atoms with van der Waals surface area (Å²) in [6.07, 6.45) is 2.22. The summed E-state index contributed by atoms with van der Waals surface area (Å²) in [6, 6.07) is 8.15. The highest BCUT2D eigenvalue weighted by Crippen LogP contribution is 2.32. The van der Waals surface area contributed by atoms with Gasteiger partial charge in [-0.3, -0.25) is 0 Å². The molecule has 1 unspecified atom stereocenters. The molecule has 82 valence electrons. The van der Waals surface area contributed by atoms with Crippen LogP contribution in [0.15, 0.2) is 28.7 Å². The van der Waals surface area contributed by atoms with Crippen molar-refractivity contribution in [1.29, 1.82) is 0 Å². The second-order valence-electron chi connectivity index (χ2n) is 4.13. The van der Waals surface area contributed by atoms with Gasteiger partial charge >= 0.3 is 0 Å². The van der Waals surface area contributed by atoms with Crippen LogP contribution in [0, 0.1) is 5.92 Å². The number of benzene rings is 1. The van der Waals surface area contributed by atoms with E-state index in [1.165, 1.54) is 18.4 Å². The fourth-order valence-electron chi connectivity index (χ4n) is 1.64. The van der Waals surface area contributed by atoms with Crippen molar-refractivity contribution >= 4 is 15.9 Å². The molecule has 1 aliphatic carbocycles. The molecule has 1 aromatic carbocycles. The van der Waals surface area contributed by atoms with Crippen LogP contribution in [0.4, 0.5) is 0 Å². The SMILES string of the molecule is OC(CNCc1ccccc1Br)C1CC1. The second kappa shape index (κ2) is 5.10. The molecule has 0 aliphatic heterocycles. The van der Waals surface area contributed by atoms with Gasteiger partial charge in [-0.25, -0.2) is 0 Å². The Morgan fingerprint density at radius 1 is 1.40 bits per heavy atom. The van der Waals surface area contributed by atoms with Gasteiger partial charge in [-0.1, -0.05) is 34.1 Å². The molecule has 1 fully saturated rings. The molecule has 1 aliphatic rings. The summed E-state index contributed by atoms with van der Waals surface area (Å²) in [5, 5.41) is 12.9. The fraction of sp³-hybridized carbons (Fsp3) is 0.500. The summed E-state index contributed by atoms with van der Waals surface area (Å²) in [5.41, 5.74) is 1.24. The second-order valence-corrected chi connectivity index (χ2v) is 4.98. The monoisotopic (exact) mass is 269 g/mol. The molecule has 0 bridgehead atoms. The number of hydrogen-bond acceptors (Lipinski definition) is 2. The van der Waals surface area contributed by atoms with Gasteiger partial charge in [-0.15, -0.1) is 0 Å². The molecule has 2 nitrogen and oxygen atoms in total. The third kappa shape index (κ3) is 3.30. The van der Waals surface area contributed by atoms with Crippen LogP contribution in [0.1, 0.15) is 18.4 Å². The van der Waals surface area contributed by atoms with Crippen LogP contribution >= 0.6 is 15.9 Å². The standard InChI is InChI=1S/C12H16BrNO/c13-11-4-2-1-3-10(11)7-14-8-12(15)9-5-6-9/h1-4,9,12,14-15H,5-8H2. The van der Waals surface area contributed by atoms with E-state index in [1.54, 1.807) is 0 Å². The first-order chi connectivity index (χ1) is 7.27. The topological polar surface area (TPSA) is 32.3 Å². The van der Waals surface area contributed by atoms with Crippen LogP contribution in [-0.2, 0) is 6.54 Å². The van der Waals surface area contributed by atoms with E-state index in [1.807, 2.05) is 18.2 Å². The molecule has 1 aromatic rings. The molecule has 0 saturated heterocycles. The normalized spacial score (nSPS) is 17.7. The molecule has 0 radical (unpaired) electrons. The van der Waals surface area contributed by atoms with Crippen molar-refractivity contribution in [3.8, 4) is 0 Å². The molecule has 1 saturated carbocycles. The van der Waals surface area contributed by atoms with Gasteiger partial charge in [0.2, 0.25) is 0 Å². The lowest BCUT2D eigenvalue weighted by Gasteiger charge is -2.11. The molecule has 0 heterocycles. The summed E-state index contributed by atoms with van der Waals surface area (Å²) in [5.74, 6) is 0.553. The van der Waals surface area contributed by atoms with E-state index in [-0.39, 0.29) is 6.10 Å². The van der Waals surface area contributed by atoms with Gasteiger partial charge < -0.3 is 10.4 Å². The van der Waals surface area contributed by atoms with Crippen molar-refractivity contribution in [3.63, 3.8) is 0 Å². The highest BCUT2D eigenvalue weighted by molar-refractivity contribution is 9.10. The quantitative estimate of drug-likeness (QED) is 0.860. The van der Waals surface area contributed by atoms with Crippen molar-refractivity contribution in [3.05, 3.63) is 34.3 Å². The van der Waals surface area contributed by atoms with Crippen molar-refractivity contribution in [2.45, 2.75) is 25.5 Å². The van der Waals surface area contributed by atoms with E-state index >= 15 is 0 Å². The molecular formula is C12H16BrNO. The maximum absolute atomic E-state index is 9.66. The van der Waals surface area contributed by atoms with Crippen molar-refractivity contribution < 1.29 is 5.11 Å². The van der Waals surface area contributed by atoms with Crippen LogP contribution in [0.2, 0.25) is 0 Å². The van der Waals surface area contributed by atoms with Crippen molar-refractivity contribution in [1.82, 2.24) is 5.32 Å². The molecular weight excluding hydrogens is 254 g/mol. The van der Waals surface area contributed by atoms with E-state index in [9.17, 15) is 5.11 Å². The van der Waals surface area contributed by atoms with Crippen LogP contribution in [0.3, 0.4) is 0 Å². The smallest absolute Gasteiger partial charge is 0.0692 e. The van der Waals surface area contributed by atoms with Crippen molar-refractivity contribution in [2.75, 3.05) is 6.54 Å². The highest BCUT2D eigenvalue weighted by Gasteiger charge is 2.28. The first-order valence-corrected chi connectivity index (χ1v) is 6.19. The minimum absolute atomic E-state index is 0.160. The summed E-state index contributed by atoms with van der Waals surface area (Å²) < 4.78 is 1.12. The Hall–Kier alpha value is -0.380. The average Bonchev–Trinajstić information content (AvgIpc) is 3.04. The summed E-state index contributed by atoms with van der Waals surface area (Å²) in [6.45, 7) is 1.51. The Morgan fingerprint density at radius 2 is 2.13 bits per heavy atom. The molecule has 0 spiro atoms. The molecule has 0 amide bonds. The van der Waals surface area contributed by atoms with Gasteiger partial charge in [-0.05, 0) is 30.4 Å². The van der Waals surface area contributed by atoms with Crippen LogP contribution < -0.4 is 5.32 Å². The summed E-state index contributed by atoms with van der Waals surface area (Å²) in [7, 11) is 0. The maximum Gasteiger partial charge on any atom is 0.0692 e. The highest BCUT2D eigenvalue weighted by atomic mass is 79.9. The number of rotatable bonds is 5. The molecule has 2 rings (SSSR count). The van der Waals surface area contributed by atoms with E-state index < -0.39 is 0 Å². The predicted octanol–water partition coefficient (Wildman–Crippen LogP) is 2.31. The zero-order valence-electron chi connectivity index (χ0n) is 8.62. The van der Waals surface area contributed by atoms with Gasteiger partial charge in [0.1, 0.15) is 0 Å². The lowest BCUT2D eigenvalue weighted by Crippen LogP contribution is -2.27. The molecule has 0 aromatic heterocycles. The minimum Gasteiger partial charge on any atom is -0.392 e. The number of nitrogens with one attached hydrogen (secondary N) is 1. The van der Waals surface area contributed by atoms with Crippen LogP contribution in [0.5, 0.6) is 0 Å². The first kappa shape index (κ1) is 11.1. The number of aliphatic hydroxyl groups excluding tert-OH is 1. The lowest BCUT2D eigenvalue weighted by atomic mass is 10.2. The van der Waals surface area contributed by atoms with Gasteiger partial charge in [-0.2, -0.15) is 0 Å². The van der Waals surface area contributed by atoms with E-state index in [2.05, 4.69) is 27.3 Å². The average molecular weight is 270 g/mol. The van der Waals surface area contributed by atoms with Crippen LogP contribution in [-0.4, -0.2) is 17.8 Å². The zero-order valence-corrected chi connectivity index (χ0v) is 10.2. The van der Waals surface area contributed by atoms with E-state index in [0.29, 0.717) is 12.5 Å². The molecule has 1 atom stereocenters. The van der Waals surface area contributed by atoms with Gasteiger partial charge in [0, 0.05) is 17.6 Å². The summed E-state index contributed by atoms with van der Waals surface area (Å²) in [4.78, 5) is 0. The first-order valence-electron chi connectivity index (χ1n) is 5.39. The van der Waals surface area contributed by atoms with E-state index in [4.69, 9.17) is 0 Å². The Morgan fingerprint density at radius 3 is 2.80 bits per heavy atom. The molecule has 15 heavy (non-hydrogen) atoms. The lowest BCUT2D eigenvalue weighted by molar-refractivity contribution is 0.148. The number of hydrogen-bond donors (Lipinski definition) is 2. The van der Waals surface area contributed by atoms with E-state index in [0.717, 1.165) is 11.0 Å². The molecule has 2 N–H and O–H groups in total. The largest absolute Gasteiger partial charge is 0.392 e. The van der Waals surface area contributed by atoms with Crippen LogP contribution in [0.25, 0.3) is 0 Å². The summed E-state index contributed by atoms with van der Waals surface area (Å²) >= 11 is 3.50. The number of halogens is 1. The third-order valence-electron chi connectivity index (χ3n) is 2.79. The zero-order chi connectivity index (χ0) is 10.7. The van der Waals surface area contributed by atoms with Gasteiger partial charge in [0.05, 0.1) is 6.10 Å². The molecule has 3 heteroatoms. The Bertz CT molecular complexity index is 325. The van der Waals surface area contributed by atoms with Gasteiger partial charge in [0.25, 0.3) is 0 Å². The maximum atomic E-state index is 9.66. The fourth-order valence-corrected chi connectivity index (χ4v) is 2.07. The number of aliphatic hydroxyl groups is 1. The van der Waals surface area contributed by atoms with Gasteiger partial charge in [0.15, 0.2) is 0 Å². The minimum atomic E-state index is -0.160. The Balaban J connectivity index is 1.75. The predicted molar refractivity (Wildman–Crippen MR) is 64.6 cm³/mol.